The number of urea groups is 1. The third-order valence-corrected chi connectivity index (χ3v) is 3.80. The van der Waals surface area contributed by atoms with Crippen LogP contribution in [0.5, 0.6) is 0 Å². The van der Waals surface area contributed by atoms with E-state index < -0.39 is 5.97 Å². The fraction of sp³-hybridized carbons (Fsp3) is 0.467. The van der Waals surface area contributed by atoms with Gasteiger partial charge in [-0.3, -0.25) is 0 Å². The Hall–Kier alpha value is -2.08. The van der Waals surface area contributed by atoms with Gasteiger partial charge in [0.25, 0.3) is 0 Å². The molecule has 1 aromatic carbocycles. The van der Waals surface area contributed by atoms with Crippen LogP contribution in [0, 0.1) is 6.92 Å². The number of aryl methyl sites for hydroxylation is 1. The second-order valence-electron chi connectivity index (χ2n) is 5.24. The maximum absolute atomic E-state index is 12.0. The monoisotopic (exact) mass is 292 g/mol. The number of ether oxygens (including phenoxy) is 1. The molecule has 0 aliphatic heterocycles. The van der Waals surface area contributed by atoms with Crippen LogP contribution in [0.2, 0.25) is 0 Å². The van der Waals surface area contributed by atoms with Gasteiger partial charge in [0.05, 0.1) is 17.7 Å². The number of carboxylic acid groups (broad SMARTS) is 1. The molecule has 3 N–H and O–H groups in total. The van der Waals surface area contributed by atoms with Crippen molar-refractivity contribution in [1.82, 2.24) is 5.32 Å². The zero-order valence-corrected chi connectivity index (χ0v) is 12.2. The molecule has 21 heavy (non-hydrogen) atoms. The van der Waals surface area contributed by atoms with Crippen LogP contribution in [0.4, 0.5) is 10.5 Å². The molecule has 2 unspecified atom stereocenters. The average Bonchev–Trinajstić information content (AvgIpc) is 2.88. The molecule has 0 heterocycles. The highest BCUT2D eigenvalue weighted by molar-refractivity contribution is 5.94. The molecule has 6 heteroatoms. The molecule has 114 valence electrons. The smallest absolute Gasteiger partial charge is 0.335 e. The fourth-order valence-corrected chi connectivity index (χ4v) is 2.59. The number of benzene rings is 1. The quantitative estimate of drug-likeness (QED) is 0.795. The van der Waals surface area contributed by atoms with Crippen LogP contribution >= 0.6 is 0 Å². The molecule has 1 aromatic rings. The van der Waals surface area contributed by atoms with E-state index in [9.17, 15) is 9.59 Å². The lowest BCUT2D eigenvalue weighted by molar-refractivity contribution is 0.0697. The van der Waals surface area contributed by atoms with Gasteiger partial charge in [0.2, 0.25) is 0 Å². The van der Waals surface area contributed by atoms with Crippen LogP contribution in [-0.2, 0) is 4.74 Å². The van der Waals surface area contributed by atoms with Crippen molar-refractivity contribution in [3.63, 3.8) is 0 Å². The number of amides is 2. The lowest BCUT2D eigenvalue weighted by atomic mass is 10.1. The Morgan fingerprint density at radius 1 is 1.33 bits per heavy atom. The maximum atomic E-state index is 12.0. The highest BCUT2D eigenvalue weighted by Crippen LogP contribution is 2.22. The van der Waals surface area contributed by atoms with Gasteiger partial charge < -0.3 is 20.5 Å². The van der Waals surface area contributed by atoms with Gasteiger partial charge in [-0.25, -0.2) is 9.59 Å². The lowest BCUT2D eigenvalue weighted by Gasteiger charge is -2.20. The number of rotatable bonds is 4. The highest BCUT2D eigenvalue weighted by Gasteiger charge is 2.28. The summed E-state index contributed by atoms with van der Waals surface area (Å²) in [5.41, 5.74) is 1.45. The third kappa shape index (κ3) is 3.72. The second-order valence-corrected chi connectivity index (χ2v) is 5.24. The lowest BCUT2D eigenvalue weighted by Crippen LogP contribution is -2.43. The van der Waals surface area contributed by atoms with Crippen molar-refractivity contribution in [2.75, 3.05) is 12.4 Å². The standard InChI is InChI=1S/C15H20N2O4/c1-9-6-7-10(14(18)19)8-12(9)17-15(20)16-11-4-3-5-13(11)21-2/h6-8,11,13H,3-5H2,1-2H3,(H,18,19)(H2,16,17,20). The first-order chi connectivity index (χ1) is 10.0. The van der Waals surface area contributed by atoms with E-state index >= 15 is 0 Å². The number of methoxy groups -OCH3 is 1. The molecule has 0 spiro atoms. The van der Waals surface area contributed by atoms with Crippen molar-refractivity contribution in [2.24, 2.45) is 0 Å². The first-order valence-electron chi connectivity index (χ1n) is 6.95. The Labute approximate surface area is 123 Å². The van der Waals surface area contributed by atoms with Crippen LogP contribution < -0.4 is 10.6 Å². The maximum Gasteiger partial charge on any atom is 0.335 e. The van der Waals surface area contributed by atoms with Crippen LogP contribution in [0.25, 0.3) is 0 Å². The fourth-order valence-electron chi connectivity index (χ4n) is 2.59. The van der Waals surface area contributed by atoms with E-state index in [1.54, 1.807) is 13.2 Å². The van der Waals surface area contributed by atoms with Gasteiger partial charge in [-0.15, -0.1) is 0 Å². The number of aromatic carboxylic acids is 1. The SMILES string of the molecule is COC1CCCC1NC(=O)Nc1cc(C(=O)O)ccc1C. The van der Waals surface area contributed by atoms with Crippen molar-refractivity contribution < 1.29 is 19.4 Å². The number of carbonyl (C=O) groups is 2. The van der Waals surface area contributed by atoms with Gasteiger partial charge in [0.1, 0.15) is 0 Å². The largest absolute Gasteiger partial charge is 0.478 e. The summed E-state index contributed by atoms with van der Waals surface area (Å²) < 4.78 is 5.33. The molecule has 1 saturated carbocycles. The topological polar surface area (TPSA) is 87.7 Å². The Bertz CT molecular complexity index is 544. The number of carboxylic acids is 1. The number of hydrogen-bond donors (Lipinski definition) is 3. The molecular weight excluding hydrogens is 272 g/mol. The molecule has 1 aliphatic rings. The first-order valence-corrected chi connectivity index (χ1v) is 6.95. The molecule has 0 saturated heterocycles. The summed E-state index contributed by atoms with van der Waals surface area (Å²) in [7, 11) is 1.64. The predicted octanol–water partition coefficient (Wildman–Crippen LogP) is 2.38. The van der Waals surface area contributed by atoms with E-state index in [1.807, 2.05) is 6.92 Å². The summed E-state index contributed by atoms with van der Waals surface area (Å²) in [5.74, 6) is -1.02. The van der Waals surface area contributed by atoms with E-state index in [4.69, 9.17) is 9.84 Å². The number of carbonyl (C=O) groups excluding carboxylic acids is 1. The van der Waals surface area contributed by atoms with Gasteiger partial charge >= 0.3 is 12.0 Å². The predicted molar refractivity (Wildman–Crippen MR) is 78.7 cm³/mol. The molecule has 0 bridgehead atoms. The summed E-state index contributed by atoms with van der Waals surface area (Å²) in [4.78, 5) is 23.0. The van der Waals surface area contributed by atoms with Crippen LogP contribution in [0.3, 0.4) is 0 Å². The molecule has 1 fully saturated rings. The molecule has 2 rings (SSSR count). The summed E-state index contributed by atoms with van der Waals surface area (Å²) in [6.45, 7) is 1.81. The van der Waals surface area contributed by atoms with E-state index in [0.29, 0.717) is 5.69 Å². The first kappa shape index (κ1) is 15.3. The van der Waals surface area contributed by atoms with E-state index in [0.717, 1.165) is 24.8 Å². The molecule has 0 radical (unpaired) electrons. The van der Waals surface area contributed by atoms with Crippen molar-refractivity contribution in [3.8, 4) is 0 Å². The zero-order chi connectivity index (χ0) is 15.4. The number of nitrogens with one attached hydrogen (secondary N) is 2. The van der Waals surface area contributed by atoms with Crippen LogP contribution in [0.1, 0.15) is 35.2 Å². The Morgan fingerprint density at radius 3 is 2.76 bits per heavy atom. The summed E-state index contributed by atoms with van der Waals surface area (Å²) in [6, 6.07) is 4.30. The van der Waals surface area contributed by atoms with E-state index in [-0.39, 0.29) is 23.7 Å². The molecular formula is C15H20N2O4. The summed E-state index contributed by atoms with van der Waals surface area (Å²) >= 11 is 0. The number of hydrogen-bond acceptors (Lipinski definition) is 3. The van der Waals surface area contributed by atoms with Gasteiger partial charge in [0.15, 0.2) is 0 Å². The van der Waals surface area contributed by atoms with Gasteiger partial charge in [-0.1, -0.05) is 6.07 Å². The Morgan fingerprint density at radius 2 is 2.10 bits per heavy atom. The van der Waals surface area contributed by atoms with Gasteiger partial charge in [-0.05, 0) is 43.9 Å². The zero-order valence-electron chi connectivity index (χ0n) is 12.2. The van der Waals surface area contributed by atoms with Gasteiger partial charge in [0, 0.05) is 12.8 Å². The molecule has 6 nitrogen and oxygen atoms in total. The normalized spacial score (nSPS) is 21.0. The highest BCUT2D eigenvalue weighted by atomic mass is 16.5. The van der Waals surface area contributed by atoms with E-state index in [2.05, 4.69) is 10.6 Å². The molecule has 0 aromatic heterocycles. The van der Waals surface area contributed by atoms with Crippen LogP contribution in [-0.4, -0.2) is 36.4 Å². The summed E-state index contributed by atoms with van der Waals surface area (Å²) in [6.07, 6.45) is 2.90. The number of anilines is 1. The van der Waals surface area contributed by atoms with Crippen molar-refractivity contribution in [3.05, 3.63) is 29.3 Å². The molecule has 1 aliphatic carbocycles. The minimum atomic E-state index is -1.02. The second kappa shape index (κ2) is 6.58. The average molecular weight is 292 g/mol. The van der Waals surface area contributed by atoms with Gasteiger partial charge in [-0.2, -0.15) is 0 Å². The van der Waals surface area contributed by atoms with Crippen molar-refractivity contribution >= 4 is 17.7 Å². The van der Waals surface area contributed by atoms with E-state index in [1.165, 1.54) is 12.1 Å². The molecule has 2 amide bonds. The minimum Gasteiger partial charge on any atom is -0.478 e. The van der Waals surface area contributed by atoms with Crippen LogP contribution in [0.15, 0.2) is 18.2 Å². The van der Waals surface area contributed by atoms with Crippen molar-refractivity contribution in [2.45, 2.75) is 38.3 Å². The third-order valence-electron chi connectivity index (χ3n) is 3.80. The minimum absolute atomic E-state index is 0.00189. The molecule has 2 atom stereocenters. The summed E-state index contributed by atoms with van der Waals surface area (Å²) in [5, 5.41) is 14.6. The van der Waals surface area contributed by atoms with Crippen molar-refractivity contribution in [1.29, 1.82) is 0 Å². The Balaban J connectivity index is 2.02. The Kier molecular flexibility index (Phi) is 4.80.